The van der Waals surface area contributed by atoms with E-state index in [9.17, 15) is 0 Å². The highest BCUT2D eigenvalue weighted by Crippen LogP contribution is 2.35. The molecule has 1 heterocycles. The molecule has 1 nitrogen and oxygen atoms in total. The summed E-state index contributed by atoms with van der Waals surface area (Å²) >= 11 is 6.74. The normalized spacial score (nSPS) is 16.8. The Morgan fingerprint density at radius 1 is 0.900 bits per heavy atom. The molecular weight excluding hydrogens is 386 g/mol. The van der Waals surface area contributed by atoms with Gasteiger partial charge in [-0.1, -0.05) is 71.8 Å². The molecule has 1 aromatic heterocycles. The van der Waals surface area contributed by atoms with Gasteiger partial charge in [-0.15, -0.1) is 0 Å². The summed E-state index contributed by atoms with van der Waals surface area (Å²) in [5.41, 5.74) is 6.19. The van der Waals surface area contributed by atoms with Crippen molar-refractivity contribution < 1.29 is 0 Å². The van der Waals surface area contributed by atoms with E-state index >= 15 is 0 Å². The van der Waals surface area contributed by atoms with Crippen molar-refractivity contribution in [2.75, 3.05) is 0 Å². The number of fused-ring (bicyclic) bond motifs is 5. The van der Waals surface area contributed by atoms with Gasteiger partial charge in [0.2, 0.25) is 0 Å². The van der Waals surface area contributed by atoms with Gasteiger partial charge in [0.05, 0.1) is 16.2 Å². The first kappa shape index (κ1) is 17.9. The number of hydrogen-bond donors (Lipinski definition) is 0. The van der Waals surface area contributed by atoms with Crippen LogP contribution in [-0.4, -0.2) is 4.98 Å². The Kier molecular flexibility index (Phi) is 4.07. The highest BCUT2D eigenvalue weighted by molar-refractivity contribution is 6.35. The lowest BCUT2D eigenvalue weighted by atomic mass is 9.80. The minimum atomic E-state index is 0.279. The van der Waals surface area contributed by atoms with Crippen molar-refractivity contribution in [2.24, 2.45) is 0 Å². The summed E-state index contributed by atoms with van der Waals surface area (Å²) in [6.45, 7) is 2.09. The predicted octanol–water partition coefficient (Wildman–Crippen LogP) is 5.53. The molecule has 2 heteroatoms. The van der Waals surface area contributed by atoms with E-state index in [4.69, 9.17) is 16.6 Å². The topological polar surface area (TPSA) is 12.9 Å². The van der Waals surface area contributed by atoms with Crippen molar-refractivity contribution >= 4 is 34.7 Å². The zero-order valence-corrected chi connectivity index (χ0v) is 17.7. The largest absolute Gasteiger partial charge is 0.252 e. The Bertz CT molecular complexity index is 1550. The fourth-order valence-corrected chi connectivity index (χ4v) is 5.48. The van der Waals surface area contributed by atoms with Gasteiger partial charge in [-0.25, -0.2) is 0 Å². The average Bonchev–Trinajstić information content (AvgIpc) is 2.78. The summed E-state index contributed by atoms with van der Waals surface area (Å²) in [5.74, 6) is 0.279. The van der Waals surface area contributed by atoms with Crippen LogP contribution in [-0.2, 0) is 6.42 Å². The van der Waals surface area contributed by atoms with Gasteiger partial charge in [0.1, 0.15) is 0 Å². The monoisotopic (exact) mass is 407 g/mol. The number of nitrogens with zero attached hydrogens (tertiary/aromatic N) is 1. The van der Waals surface area contributed by atoms with Crippen molar-refractivity contribution in [3.63, 3.8) is 0 Å². The summed E-state index contributed by atoms with van der Waals surface area (Å²) in [7, 11) is 0. The first-order valence-electron chi connectivity index (χ1n) is 10.7. The molecule has 2 aliphatic rings. The standard InChI is InChI=1S/C28H22ClN/c1-17-9-14-26-24(15-17)25(29)16-27(30-26)23-8-4-6-19-11-12-21-20-7-3-2-5-18(20)10-13-22(21)28(19)23/h2-3,5-7,9-12,14-16,23H,4,8,13H2,1H3. The fourth-order valence-electron chi connectivity index (χ4n) is 5.22. The molecule has 6 rings (SSSR count). The van der Waals surface area contributed by atoms with Crippen molar-refractivity contribution in [1.29, 1.82) is 0 Å². The third-order valence-corrected chi connectivity index (χ3v) is 6.94. The maximum absolute atomic E-state index is 6.74. The maximum atomic E-state index is 6.74. The van der Waals surface area contributed by atoms with Crippen molar-refractivity contribution in [3.8, 4) is 0 Å². The van der Waals surface area contributed by atoms with Crippen LogP contribution in [0.3, 0.4) is 0 Å². The Balaban J connectivity index is 1.64. The molecule has 4 aromatic rings. The van der Waals surface area contributed by atoms with Gasteiger partial charge in [0, 0.05) is 11.3 Å². The van der Waals surface area contributed by atoms with Gasteiger partial charge in [-0.3, -0.25) is 4.98 Å². The molecule has 0 N–H and O–H groups in total. The van der Waals surface area contributed by atoms with E-state index in [1.54, 1.807) is 0 Å². The summed E-state index contributed by atoms with van der Waals surface area (Å²) in [5, 5.41) is 7.25. The Morgan fingerprint density at radius 2 is 1.80 bits per heavy atom. The summed E-state index contributed by atoms with van der Waals surface area (Å²) in [6, 6.07) is 21.8. The number of halogens is 1. The SMILES string of the molecule is Cc1ccc2nc(C3CCC=c4ccc5c(c43)CC=c3ccccc3=5)cc(Cl)c2c1. The number of hydrogen-bond acceptors (Lipinski definition) is 1. The predicted molar refractivity (Wildman–Crippen MR) is 125 cm³/mol. The Labute approximate surface area is 180 Å². The number of pyridine rings is 1. The maximum Gasteiger partial charge on any atom is 0.0720 e. The first-order valence-corrected chi connectivity index (χ1v) is 11.1. The van der Waals surface area contributed by atoms with Gasteiger partial charge < -0.3 is 0 Å². The lowest BCUT2D eigenvalue weighted by molar-refractivity contribution is 0.694. The van der Waals surface area contributed by atoms with Gasteiger partial charge in [0.25, 0.3) is 0 Å². The summed E-state index contributed by atoms with van der Waals surface area (Å²) in [4.78, 5) is 5.08. The van der Waals surface area contributed by atoms with E-state index in [1.165, 1.54) is 37.6 Å². The zero-order valence-electron chi connectivity index (χ0n) is 17.0. The van der Waals surface area contributed by atoms with Gasteiger partial charge in [-0.05, 0) is 76.4 Å². The van der Waals surface area contributed by atoms with Gasteiger partial charge in [0.15, 0.2) is 0 Å². The molecule has 1 atom stereocenters. The molecule has 0 bridgehead atoms. The van der Waals surface area contributed by atoms with Crippen LogP contribution in [0.15, 0.2) is 60.7 Å². The number of aryl methyl sites for hydroxylation is 1. The number of aromatic nitrogens is 1. The van der Waals surface area contributed by atoms with Crippen LogP contribution in [0, 0.1) is 17.4 Å². The van der Waals surface area contributed by atoms with Crippen LogP contribution < -0.4 is 10.4 Å². The van der Waals surface area contributed by atoms with Crippen LogP contribution in [0.2, 0.25) is 5.02 Å². The van der Waals surface area contributed by atoms with E-state index < -0.39 is 0 Å². The van der Waals surface area contributed by atoms with Gasteiger partial charge in [-0.2, -0.15) is 0 Å². The minimum absolute atomic E-state index is 0.279. The van der Waals surface area contributed by atoms with Crippen molar-refractivity contribution in [3.05, 3.63) is 109 Å². The lowest BCUT2D eigenvalue weighted by Gasteiger charge is -2.25. The van der Waals surface area contributed by atoms with Gasteiger partial charge >= 0.3 is 0 Å². The van der Waals surface area contributed by atoms with Crippen molar-refractivity contribution in [2.45, 2.75) is 32.1 Å². The average molecular weight is 408 g/mol. The molecule has 0 aliphatic heterocycles. The van der Waals surface area contributed by atoms with Crippen LogP contribution in [0.1, 0.15) is 41.1 Å². The van der Waals surface area contributed by atoms with E-state index in [1.807, 2.05) is 0 Å². The molecule has 0 fully saturated rings. The second-order valence-corrected chi connectivity index (χ2v) is 8.88. The zero-order chi connectivity index (χ0) is 20.2. The molecular formula is C28H22ClN. The molecule has 146 valence electrons. The van der Waals surface area contributed by atoms with E-state index in [0.29, 0.717) is 0 Å². The summed E-state index contributed by atoms with van der Waals surface area (Å²) < 4.78 is 0. The third kappa shape index (κ3) is 2.73. The van der Waals surface area contributed by atoms with Crippen LogP contribution in [0.5, 0.6) is 0 Å². The summed E-state index contributed by atoms with van der Waals surface area (Å²) in [6.07, 6.45) is 7.87. The van der Waals surface area contributed by atoms with Crippen LogP contribution in [0.25, 0.3) is 23.1 Å². The van der Waals surface area contributed by atoms with E-state index in [0.717, 1.165) is 40.9 Å². The van der Waals surface area contributed by atoms with E-state index in [-0.39, 0.29) is 5.92 Å². The molecule has 0 radical (unpaired) electrons. The molecule has 0 spiro atoms. The van der Waals surface area contributed by atoms with Crippen LogP contribution >= 0.6 is 11.6 Å². The molecule has 0 saturated carbocycles. The molecule has 2 aliphatic carbocycles. The molecule has 0 amide bonds. The number of benzene rings is 3. The first-order chi connectivity index (χ1) is 14.7. The smallest absolute Gasteiger partial charge is 0.0720 e. The van der Waals surface area contributed by atoms with Crippen molar-refractivity contribution in [1.82, 2.24) is 4.98 Å². The molecule has 1 unspecified atom stereocenters. The lowest BCUT2D eigenvalue weighted by Crippen LogP contribution is -2.24. The second-order valence-electron chi connectivity index (χ2n) is 8.47. The highest BCUT2D eigenvalue weighted by Gasteiger charge is 2.24. The van der Waals surface area contributed by atoms with E-state index in [2.05, 4.69) is 79.7 Å². The minimum Gasteiger partial charge on any atom is -0.252 e. The number of rotatable bonds is 1. The fraction of sp³-hybridized carbons (Fsp3) is 0.179. The highest BCUT2D eigenvalue weighted by atomic mass is 35.5. The molecule has 0 saturated heterocycles. The quantitative estimate of drug-likeness (QED) is 0.404. The van der Waals surface area contributed by atoms with Crippen LogP contribution in [0.4, 0.5) is 0 Å². The molecule has 30 heavy (non-hydrogen) atoms. The Hall–Kier alpha value is -2.90. The second kappa shape index (κ2) is 6.82. The Morgan fingerprint density at radius 3 is 2.73 bits per heavy atom. The molecule has 3 aromatic carbocycles. The third-order valence-electron chi connectivity index (χ3n) is 6.63.